The summed E-state index contributed by atoms with van der Waals surface area (Å²) in [6, 6.07) is -0.100. The number of rotatable bonds is 4. The molecule has 1 saturated carbocycles. The zero-order valence-corrected chi connectivity index (χ0v) is 11.8. The number of carbonyl (C=O) groups excluding carboxylic acids is 1. The minimum Gasteiger partial charge on any atom is -0.465 e. The van der Waals surface area contributed by atoms with Crippen LogP contribution in [0, 0.1) is 5.92 Å². The number of ether oxygens (including phenoxy) is 1. The molecule has 2 fully saturated rings. The van der Waals surface area contributed by atoms with Crippen molar-refractivity contribution in [3.8, 4) is 0 Å². The number of carbonyl (C=O) groups is 1. The summed E-state index contributed by atoms with van der Waals surface area (Å²) in [6.45, 7) is 8.01. The average Bonchev–Trinajstić information content (AvgIpc) is 3.08. The fourth-order valence-electron chi connectivity index (χ4n) is 2.13. The third-order valence-corrected chi connectivity index (χ3v) is 5.05. The lowest BCUT2D eigenvalue weighted by molar-refractivity contribution is -0.143. The Hall–Kier alpha value is -0.420. The van der Waals surface area contributed by atoms with E-state index in [1.54, 1.807) is 6.92 Å². The van der Waals surface area contributed by atoms with Crippen molar-refractivity contribution in [1.29, 1.82) is 0 Å². The van der Waals surface area contributed by atoms with Crippen molar-refractivity contribution >= 4 is 17.0 Å². The number of hydrogen-bond donors (Lipinski definition) is 0. The molecule has 0 spiro atoms. The first-order valence-electron chi connectivity index (χ1n) is 6.25. The maximum absolute atomic E-state index is 12.3. The topological polar surface area (TPSA) is 46.4 Å². The maximum Gasteiger partial charge on any atom is 0.326 e. The summed E-state index contributed by atoms with van der Waals surface area (Å²) in [4.78, 5) is 11.8. The third-order valence-electron chi connectivity index (χ3n) is 3.15. The Morgan fingerprint density at radius 3 is 2.41 bits per heavy atom. The van der Waals surface area contributed by atoms with Crippen molar-refractivity contribution in [2.45, 2.75) is 57.4 Å². The molecule has 4 atom stereocenters. The highest BCUT2D eigenvalue weighted by Gasteiger charge is 2.63. The molecule has 0 aromatic carbocycles. The number of nitrogens with zero attached hydrogens (tertiary/aromatic N) is 1. The van der Waals surface area contributed by atoms with E-state index < -0.39 is 11.0 Å². The van der Waals surface area contributed by atoms with Gasteiger partial charge in [-0.3, -0.25) is 4.79 Å². The van der Waals surface area contributed by atoms with Crippen LogP contribution in [-0.2, 0) is 20.5 Å². The van der Waals surface area contributed by atoms with Gasteiger partial charge in [-0.1, -0.05) is 0 Å². The SMILES string of the molecule is CCOC(=O)C1C(C2CC2)N1[S@@](=O)C(C)(C)C. The Balaban J connectivity index is 2.06. The van der Waals surface area contributed by atoms with E-state index in [4.69, 9.17) is 4.74 Å². The number of hydrogen-bond acceptors (Lipinski definition) is 3. The highest BCUT2D eigenvalue weighted by molar-refractivity contribution is 7.84. The third kappa shape index (κ3) is 2.55. The normalized spacial score (nSPS) is 34.2. The lowest BCUT2D eigenvalue weighted by Gasteiger charge is -2.18. The summed E-state index contributed by atoms with van der Waals surface area (Å²) >= 11 is 0. The van der Waals surface area contributed by atoms with Crippen LogP contribution in [0.5, 0.6) is 0 Å². The van der Waals surface area contributed by atoms with Crippen LogP contribution in [0.4, 0.5) is 0 Å². The van der Waals surface area contributed by atoms with Crippen LogP contribution in [0.25, 0.3) is 0 Å². The predicted molar refractivity (Wildman–Crippen MR) is 66.7 cm³/mol. The molecule has 0 N–H and O–H groups in total. The van der Waals surface area contributed by atoms with Crippen molar-refractivity contribution in [2.75, 3.05) is 6.61 Å². The molecule has 98 valence electrons. The average molecular weight is 259 g/mol. The van der Waals surface area contributed by atoms with Crippen molar-refractivity contribution in [2.24, 2.45) is 5.92 Å². The standard InChI is InChI=1S/C12H21NO3S/c1-5-16-11(14)10-9(8-6-7-8)13(10)17(15)12(2,3)4/h8-10H,5-7H2,1-4H3/t9?,10?,13?,17-/m0/s1. The zero-order valence-electron chi connectivity index (χ0n) is 10.9. The summed E-state index contributed by atoms with van der Waals surface area (Å²) in [6.07, 6.45) is 2.30. The Morgan fingerprint density at radius 2 is 2.00 bits per heavy atom. The molecular formula is C12H21NO3S. The molecule has 1 saturated heterocycles. The summed E-state index contributed by atoms with van der Waals surface area (Å²) < 4.78 is 18.9. The molecule has 4 nitrogen and oxygen atoms in total. The summed E-state index contributed by atoms with van der Waals surface area (Å²) in [7, 11) is -1.11. The Kier molecular flexibility index (Phi) is 3.34. The monoisotopic (exact) mass is 259 g/mol. The van der Waals surface area contributed by atoms with Crippen LogP contribution in [0.3, 0.4) is 0 Å². The second-order valence-electron chi connectivity index (χ2n) is 5.75. The van der Waals surface area contributed by atoms with Gasteiger partial charge in [0.15, 0.2) is 0 Å². The lowest BCUT2D eigenvalue weighted by Crippen LogP contribution is -2.30. The first-order chi connectivity index (χ1) is 7.88. The molecule has 0 aromatic rings. The van der Waals surface area contributed by atoms with E-state index in [-0.39, 0.29) is 22.8 Å². The van der Waals surface area contributed by atoms with E-state index >= 15 is 0 Å². The molecule has 0 aromatic heterocycles. The van der Waals surface area contributed by atoms with Crippen molar-refractivity contribution in [3.63, 3.8) is 0 Å². The second-order valence-corrected chi connectivity index (χ2v) is 7.89. The van der Waals surface area contributed by atoms with Crippen LogP contribution < -0.4 is 0 Å². The molecule has 17 heavy (non-hydrogen) atoms. The predicted octanol–water partition coefficient (Wildman–Crippen LogP) is 1.47. The molecule has 5 heteroatoms. The fourth-order valence-corrected chi connectivity index (χ4v) is 3.64. The molecule has 3 unspecified atom stereocenters. The second kappa shape index (κ2) is 4.35. The van der Waals surface area contributed by atoms with Gasteiger partial charge in [0.2, 0.25) is 0 Å². The maximum atomic E-state index is 12.3. The van der Waals surface area contributed by atoms with Crippen molar-refractivity contribution in [3.05, 3.63) is 0 Å². The van der Waals surface area contributed by atoms with Gasteiger partial charge in [0, 0.05) is 0 Å². The van der Waals surface area contributed by atoms with Crippen LogP contribution in [-0.4, -0.2) is 37.9 Å². The smallest absolute Gasteiger partial charge is 0.326 e. The Morgan fingerprint density at radius 1 is 1.41 bits per heavy atom. The van der Waals surface area contributed by atoms with Gasteiger partial charge in [0.1, 0.15) is 17.0 Å². The number of esters is 1. The molecule has 1 heterocycles. The molecule has 1 aliphatic carbocycles. The van der Waals surface area contributed by atoms with Crippen LogP contribution >= 0.6 is 0 Å². The molecule has 2 aliphatic rings. The first-order valence-corrected chi connectivity index (χ1v) is 7.35. The molecule has 0 bridgehead atoms. The fraction of sp³-hybridized carbons (Fsp3) is 0.917. The van der Waals surface area contributed by atoms with E-state index in [0.29, 0.717) is 12.5 Å². The minimum absolute atomic E-state index is 0.161. The molecule has 1 aliphatic heterocycles. The van der Waals surface area contributed by atoms with E-state index in [1.807, 2.05) is 25.1 Å². The van der Waals surface area contributed by atoms with Crippen LogP contribution in [0.15, 0.2) is 0 Å². The van der Waals surface area contributed by atoms with Crippen LogP contribution in [0.2, 0.25) is 0 Å². The van der Waals surface area contributed by atoms with Gasteiger partial charge in [0.25, 0.3) is 0 Å². The van der Waals surface area contributed by atoms with Gasteiger partial charge in [-0.25, -0.2) is 8.51 Å². The van der Waals surface area contributed by atoms with Gasteiger partial charge in [-0.2, -0.15) is 0 Å². The van der Waals surface area contributed by atoms with Gasteiger partial charge in [-0.05, 0) is 46.5 Å². The summed E-state index contributed by atoms with van der Waals surface area (Å²) in [5.41, 5.74) is 0. The minimum atomic E-state index is -1.11. The molecule has 0 amide bonds. The Labute approximate surface area is 105 Å². The Bertz CT molecular complexity index is 346. The summed E-state index contributed by atoms with van der Waals surface area (Å²) in [5, 5.41) is 0. The van der Waals surface area contributed by atoms with Gasteiger partial charge in [0.05, 0.1) is 17.4 Å². The highest BCUT2D eigenvalue weighted by atomic mass is 32.2. The van der Waals surface area contributed by atoms with E-state index in [1.165, 1.54) is 0 Å². The molecule has 0 radical (unpaired) electrons. The van der Waals surface area contributed by atoms with Gasteiger partial charge < -0.3 is 4.74 Å². The highest BCUT2D eigenvalue weighted by Crippen LogP contribution is 2.49. The van der Waals surface area contributed by atoms with Crippen LogP contribution in [0.1, 0.15) is 40.5 Å². The first kappa shape index (κ1) is 13.0. The largest absolute Gasteiger partial charge is 0.465 e. The quantitative estimate of drug-likeness (QED) is 0.567. The van der Waals surface area contributed by atoms with Crippen molar-refractivity contribution in [1.82, 2.24) is 4.31 Å². The van der Waals surface area contributed by atoms with Crippen molar-refractivity contribution < 1.29 is 13.7 Å². The molecular weight excluding hydrogens is 238 g/mol. The zero-order chi connectivity index (χ0) is 12.8. The molecule has 2 rings (SSSR count). The van der Waals surface area contributed by atoms with E-state index in [9.17, 15) is 9.00 Å². The van der Waals surface area contributed by atoms with E-state index in [2.05, 4.69) is 0 Å². The van der Waals surface area contributed by atoms with Gasteiger partial charge >= 0.3 is 5.97 Å². The van der Waals surface area contributed by atoms with E-state index in [0.717, 1.165) is 12.8 Å². The van der Waals surface area contributed by atoms with Gasteiger partial charge in [-0.15, -0.1) is 0 Å². The summed E-state index contributed by atoms with van der Waals surface area (Å²) in [5.74, 6) is 0.345. The lowest BCUT2D eigenvalue weighted by atomic mass is 10.2.